The monoisotopic (exact) mass is 250 g/mol. The van der Waals surface area contributed by atoms with Crippen LogP contribution in [0, 0.1) is 0 Å². The first-order valence-corrected chi connectivity index (χ1v) is 5.43. The van der Waals surface area contributed by atoms with E-state index in [0.717, 1.165) is 5.56 Å². The SMILES string of the molecule is ClC(=Nc1cccnc1Cl)c1ccccc1. The van der Waals surface area contributed by atoms with Crippen LogP contribution in [0.2, 0.25) is 5.15 Å². The second-order valence-electron chi connectivity index (χ2n) is 3.08. The standard InChI is InChI=1S/C12H8Cl2N2/c13-11(9-5-2-1-3-6-9)16-10-7-4-8-15-12(10)14/h1-8H. The number of rotatable bonds is 2. The highest BCUT2D eigenvalue weighted by Crippen LogP contribution is 2.23. The zero-order chi connectivity index (χ0) is 11.4. The van der Waals surface area contributed by atoms with Crippen LogP contribution in [0.4, 0.5) is 5.69 Å². The lowest BCUT2D eigenvalue weighted by atomic mass is 10.2. The molecule has 0 aliphatic carbocycles. The number of aliphatic imine (C=N–C) groups is 1. The third-order valence-electron chi connectivity index (χ3n) is 1.97. The van der Waals surface area contributed by atoms with Crippen LogP contribution in [0.15, 0.2) is 53.7 Å². The zero-order valence-corrected chi connectivity index (χ0v) is 9.78. The predicted octanol–water partition coefficient (Wildman–Crippen LogP) is 4.05. The van der Waals surface area contributed by atoms with Crippen LogP contribution in [-0.4, -0.2) is 10.2 Å². The highest BCUT2D eigenvalue weighted by molar-refractivity contribution is 6.69. The van der Waals surface area contributed by atoms with E-state index in [0.29, 0.717) is 16.0 Å². The van der Waals surface area contributed by atoms with Crippen LogP contribution < -0.4 is 0 Å². The van der Waals surface area contributed by atoms with Gasteiger partial charge in [-0.1, -0.05) is 53.5 Å². The normalized spacial score (nSPS) is 11.5. The summed E-state index contributed by atoms with van der Waals surface area (Å²) in [7, 11) is 0. The van der Waals surface area contributed by atoms with E-state index in [4.69, 9.17) is 23.2 Å². The predicted molar refractivity (Wildman–Crippen MR) is 67.7 cm³/mol. The van der Waals surface area contributed by atoms with Crippen molar-refractivity contribution in [2.45, 2.75) is 0 Å². The molecule has 0 unspecified atom stereocenters. The fourth-order valence-corrected chi connectivity index (χ4v) is 1.59. The van der Waals surface area contributed by atoms with Crippen molar-refractivity contribution in [2.75, 3.05) is 0 Å². The van der Waals surface area contributed by atoms with Crippen LogP contribution >= 0.6 is 23.2 Å². The molecule has 2 rings (SSSR count). The molecule has 80 valence electrons. The molecule has 4 heteroatoms. The largest absolute Gasteiger partial charge is 0.242 e. The van der Waals surface area contributed by atoms with Crippen LogP contribution in [0.5, 0.6) is 0 Å². The van der Waals surface area contributed by atoms with E-state index in [9.17, 15) is 0 Å². The number of pyridine rings is 1. The molecular weight excluding hydrogens is 243 g/mol. The van der Waals surface area contributed by atoms with Crippen LogP contribution in [0.1, 0.15) is 5.56 Å². The Labute approximate surface area is 104 Å². The number of halogens is 2. The van der Waals surface area contributed by atoms with Crippen LogP contribution in [0.25, 0.3) is 0 Å². The minimum atomic E-state index is 0.344. The van der Waals surface area contributed by atoms with E-state index in [1.165, 1.54) is 0 Å². The lowest BCUT2D eigenvalue weighted by Gasteiger charge is -1.99. The molecule has 1 aromatic heterocycles. The van der Waals surface area contributed by atoms with Gasteiger partial charge in [-0.25, -0.2) is 9.98 Å². The summed E-state index contributed by atoms with van der Waals surface area (Å²) in [5, 5.41) is 0.743. The number of benzene rings is 1. The summed E-state index contributed by atoms with van der Waals surface area (Å²) in [5.41, 5.74) is 1.42. The van der Waals surface area contributed by atoms with Crippen molar-refractivity contribution in [3.05, 3.63) is 59.4 Å². The van der Waals surface area contributed by atoms with Gasteiger partial charge >= 0.3 is 0 Å². The lowest BCUT2D eigenvalue weighted by molar-refractivity contribution is 1.31. The minimum absolute atomic E-state index is 0.344. The smallest absolute Gasteiger partial charge is 0.154 e. The van der Waals surface area contributed by atoms with Gasteiger partial charge in [0, 0.05) is 11.8 Å². The van der Waals surface area contributed by atoms with Gasteiger partial charge in [-0.05, 0) is 12.1 Å². The molecule has 2 aromatic rings. The van der Waals surface area contributed by atoms with Crippen molar-refractivity contribution in [2.24, 2.45) is 4.99 Å². The number of nitrogens with zero attached hydrogens (tertiary/aromatic N) is 2. The Hall–Kier alpha value is -1.38. The molecule has 0 saturated carbocycles. The molecule has 0 amide bonds. The first kappa shape index (κ1) is 11.1. The molecule has 0 N–H and O–H groups in total. The lowest BCUT2D eigenvalue weighted by Crippen LogP contribution is -1.89. The molecule has 16 heavy (non-hydrogen) atoms. The molecule has 0 aliphatic rings. The van der Waals surface area contributed by atoms with E-state index in [1.807, 2.05) is 30.3 Å². The van der Waals surface area contributed by atoms with Gasteiger partial charge in [0.05, 0.1) is 0 Å². The highest BCUT2D eigenvalue weighted by Gasteiger charge is 2.02. The first-order chi connectivity index (χ1) is 7.77. The quantitative estimate of drug-likeness (QED) is 0.583. The molecule has 0 saturated heterocycles. The average molecular weight is 251 g/mol. The van der Waals surface area contributed by atoms with Crippen molar-refractivity contribution in [1.82, 2.24) is 4.98 Å². The summed E-state index contributed by atoms with van der Waals surface area (Å²) in [6.45, 7) is 0. The van der Waals surface area contributed by atoms with Gasteiger partial charge in [0.25, 0.3) is 0 Å². The molecule has 0 bridgehead atoms. The Morgan fingerprint density at radius 1 is 1.06 bits per heavy atom. The molecule has 0 aliphatic heterocycles. The summed E-state index contributed by atoms with van der Waals surface area (Å²) in [5.74, 6) is 0. The van der Waals surface area contributed by atoms with E-state index >= 15 is 0 Å². The summed E-state index contributed by atoms with van der Waals surface area (Å²) < 4.78 is 0. The number of hydrogen-bond donors (Lipinski definition) is 0. The molecule has 0 spiro atoms. The Balaban J connectivity index is 2.36. The molecule has 0 radical (unpaired) electrons. The van der Waals surface area contributed by atoms with Gasteiger partial charge < -0.3 is 0 Å². The number of aromatic nitrogens is 1. The molecule has 0 fully saturated rings. The van der Waals surface area contributed by atoms with Gasteiger partial charge in [-0.3, -0.25) is 0 Å². The minimum Gasteiger partial charge on any atom is -0.242 e. The molecule has 1 aromatic carbocycles. The van der Waals surface area contributed by atoms with Crippen LogP contribution in [0.3, 0.4) is 0 Å². The maximum Gasteiger partial charge on any atom is 0.154 e. The summed E-state index contributed by atoms with van der Waals surface area (Å²) in [6.07, 6.45) is 1.61. The van der Waals surface area contributed by atoms with Crippen molar-refractivity contribution in [3.63, 3.8) is 0 Å². The molecule has 0 atom stereocenters. The fraction of sp³-hybridized carbons (Fsp3) is 0. The Morgan fingerprint density at radius 3 is 2.50 bits per heavy atom. The van der Waals surface area contributed by atoms with Gasteiger partial charge in [0.15, 0.2) is 5.15 Å². The Morgan fingerprint density at radius 2 is 1.81 bits per heavy atom. The van der Waals surface area contributed by atoms with Crippen molar-refractivity contribution in [1.29, 1.82) is 0 Å². The summed E-state index contributed by atoms with van der Waals surface area (Å²) in [4.78, 5) is 8.14. The maximum atomic E-state index is 6.08. The van der Waals surface area contributed by atoms with Gasteiger partial charge in [0.1, 0.15) is 10.9 Å². The zero-order valence-electron chi connectivity index (χ0n) is 8.27. The van der Waals surface area contributed by atoms with E-state index in [-0.39, 0.29) is 0 Å². The Kier molecular flexibility index (Phi) is 3.54. The highest BCUT2D eigenvalue weighted by atomic mass is 35.5. The summed E-state index contributed by atoms with van der Waals surface area (Å²) in [6, 6.07) is 13.0. The van der Waals surface area contributed by atoms with Gasteiger partial charge in [-0.15, -0.1) is 0 Å². The molecular formula is C12H8Cl2N2. The van der Waals surface area contributed by atoms with Crippen molar-refractivity contribution in [3.8, 4) is 0 Å². The topological polar surface area (TPSA) is 25.2 Å². The Bertz CT molecular complexity index is 509. The van der Waals surface area contributed by atoms with Gasteiger partial charge in [0.2, 0.25) is 0 Å². The van der Waals surface area contributed by atoms with E-state index in [1.54, 1.807) is 18.3 Å². The van der Waals surface area contributed by atoms with E-state index in [2.05, 4.69) is 9.98 Å². The first-order valence-electron chi connectivity index (χ1n) is 4.67. The summed E-state index contributed by atoms with van der Waals surface area (Å²) >= 11 is 12.0. The number of hydrogen-bond acceptors (Lipinski definition) is 2. The average Bonchev–Trinajstić information content (AvgIpc) is 2.33. The van der Waals surface area contributed by atoms with Gasteiger partial charge in [-0.2, -0.15) is 0 Å². The maximum absolute atomic E-state index is 6.08. The molecule has 1 heterocycles. The second kappa shape index (κ2) is 5.10. The van der Waals surface area contributed by atoms with Crippen molar-refractivity contribution < 1.29 is 0 Å². The van der Waals surface area contributed by atoms with E-state index < -0.39 is 0 Å². The molecule has 2 nitrogen and oxygen atoms in total. The third-order valence-corrected chi connectivity index (χ3v) is 2.56. The third kappa shape index (κ3) is 2.60. The van der Waals surface area contributed by atoms with Crippen LogP contribution in [-0.2, 0) is 0 Å². The second-order valence-corrected chi connectivity index (χ2v) is 3.80. The fourth-order valence-electron chi connectivity index (χ4n) is 1.21. The van der Waals surface area contributed by atoms with Crippen molar-refractivity contribution >= 4 is 34.1 Å².